The molecule has 5 aromatic rings. The molecule has 182 valence electrons. The fraction of sp³-hybridized carbons (Fsp3) is 0.133. The highest BCUT2D eigenvalue weighted by Crippen LogP contribution is 2.51. The predicted octanol–water partition coefficient (Wildman–Crippen LogP) is 8.67. The summed E-state index contributed by atoms with van der Waals surface area (Å²) >= 11 is 13.5. The van der Waals surface area contributed by atoms with E-state index in [0.29, 0.717) is 33.0 Å². The molecule has 4 nitrogen and oxygen atoms in total. The zero-order valence-corrected chi connectivity index (χ0v) is 21.8. The molecule has 0 aliphatic rings. The summed E-state index contributed by atoms with van der Waals surface area (Å²) in [6, 6.07) is 23.5. The number of hydrogen-bond donors (Lipinski definition) is 0. The van der Waals surface area contributed by atoms with Crippen molar-refractivity contribution in [1.29, 1.82) is 0 Å². The van der Waals surface area contributed by atoms with Gasteiger partial charge in [0.15, 0.2) is 23.0 Å². The average molecular weight is 519 g/mol. The zero-order valence-electron chi connectivity index (χ0n) is 20.3. The first-order valence-electron chi connectivity index (χ1n) is 11.3. The summed E-state index contributed by atoms with van der Waals surface area (Å²) in [4.78, 5) is 0. The lowest BCUT2D eigenvalue weighted by molar-refractivity contribution is 0.355. The van der Waals surface area contributed by atoms with Crippen molar-refractivity contribution < 1.29 is 18.9 Å². The summed E-state index contributed by atoms with van der Waals surface area (Å²) in [5.41, 5.74) is 3.67. The lowest BCUT2D eigenvalue weighted by Gasteiger charge is -2.22. The highest BCUT2D eigenvalue weighted by atomic mass is 35.5. The average Bonchev–Trinajstić information content (AvgIpc) is 2.91. The Labute approximate surface area is 219 Å². The van der Waals surface area contributed by atoms with Crippen LogP contribution in [0.2, 0.25) is 10.0 Å². The maximum atomic E-state index is 6.77. The molecule has 0 fully saturated rings. The standard InChI is InChI=1S/C30H24Cl2O4/c1-33-25-13-19-20(14-26(25)34-2)30(18-10-6-8-12-24(18)32)22-16-28(36-4)27(35-3)15-21(22)29(19)17-9-5-7-11-23(17)31/h5-16H,1-4H3. The minimum absolute atomic E-state index is 0.614. The third kappa shape index (κ3) is 3.87. The topological polar surface area (TPSA) is 36.9 Å². The minimum atomic E-state index is 0.614. The van der Waals surface area contributed by atoms with Crippen molar-refractivity contribution >= 4 is 44.7 Å². The molecule has 0 aliphatic heterocycles. The van der Waals surface area contributed by atoms with Gasteiger partial charge in [-0.1, -0.05) is 59.6 Å². The number of halogens is 2. The normalized spacial score (nSPS) is 11.1. The van der Waals surface area contributed by atoms with E-state index in [1.165, 1.54) is 0 Å². The summed E-state index contributed by atoms with van der Waals surface area (Å²) in [5, 5.41) is 5.03. The lowest BCUT2D eigenvalue weighted by Crippen LogP contribution is -1.97. The second-order valence-corrected chi connectivity index (χ2v) is 9.03. The van der Waals surface area contributed by atoms with E-state index in [1.807, 2.05) is 72.8 Å². The van der Waals surface area contributed by atoms with Gasteiger partial charge in [0.05, 0.1) is 28.4 Å². The molecular weight excluding hydrogens is 495 g/mol. The van der Waals surface area contributed by atoms with Crippen LogP contribution < -0.4 is 18.9 Å². The smallest absolute Gasteiger partial charge is 0.161 e. The number of fused-ring (bicyclic) bond motifs is 2. The van der Waals surface area contributed by atoms with E-state index in [0.717, 1.165) is 43.8 Å². The molecule has 0 aromatic heterocycles. The first kappa shape index (κ1) is 24.1. The molecule has 6 heteroatoms. The van der Waals surface area contributed by atoms with Gasteiger partial charge >= 0.3 is 0 Å². The van der Waals surface area contributed by atoms with Gasteiger partial charge in [0.25, 0.3) is 0 Å². The number of methoxy groups -OCH3 is 4. The lowest BCUT2D eigenvalue weighted by atomic mass is 9.85. The van der Waals surface area contributed by atoms with E-state index in [4.69, 9.17) is 42.1 Å². The van der Waals surface area contributed by atoms with Crippen LogP contribution in [0.25, 0.3) is 43.8 Å². The van der Waals surface area contributed by atoms with Gasteiger partial charge in [-0.2, -0.15) is 0 Å². The maximum Gasteiger partial charge on any atom is 0.161 e. The van der Waals surface area contributed by atoms with E-state index in [2.05, 4.69) is 0 Å². The molecule has 0 N–H and O–H groups in total. The Hall–Kier alpha value is -3.60. The van der Waals surface area contributed by atoms with Crippen molar-refractivity contribution in [2.75, 3.05) is 28.4 Å². The monoisotopic (exact) mass is 518 g/mol. The molecule has 0 saturated heterocycles. The van der Waals surface area contributed by atoms with Crippen molar-refractivity contribution in [1.82, 2.24) is 0 Å². The molecule has 0 aliphatic carbocycles. The summed E-state index contributed by atoms with van der Waals surface area (Å²) in [6.07, 6.45) is 0. The van der Waals surface area contributed by atoms with E-state index >= 15 is 0 Å². The third-order valence-electron chi connectivity index (χ3n) is 6.41. The van der Waals surface area contributed by atoms with E-state index in [9.17, 15) is 0 Å². The maximum absolute atomic E-state index is 6.77. The number of ether oxygens (including phenoxy) is 4. The van der Waals surface area contributed by atoms with Crippen LogP contribution in [0.15, 0.2) is 72.8 Å². The van der Waals surface area contributed by atoms with Crippen LogP contribution in [0.1, 0.15) is 0 Å². The van der Waals surface area contributed by atoms with E-state index in [-0.39, 0.29) is 0 Å². The molecule has 0 atom stereocenters. The predicted molar refractivity (Wildman–Crippen MR) is 149 cm³/mol. The molecule has 0 heterocycles. The van der Waals surface area contributed by atoms with Crippen LogP contribution in [-0.2, 0) is 0 Å². The van der Waals surface area contributed by atoms with Crippen molar-refractivity contribution in [3.8, 4) is 45.3 Å². The Balaban J connectivity index is 2.12. The SMILES string of the molecule is COc1cc2c(-c3ccccc3Cl)c3cc(OC)c(OC)cc3c(-c3ccccc3Cl)c2cc1OC. The van der Waals surface area contributed by atoms with E-state index < -0.39 is 0 Å². The molecular formula is C30H24Cl2O4. The van der Waals surface area contributed by atoms with Crippen LogP contribution in [-0.4, -0.2) is 28.4 Å². The molecule has 5 rings (SSSR count). The van der Waals surface area contributed by atoms with Gasteiger partial charge in [-0.3, -0.25) is 0 Å². The fourth-order valence-electron chi connectivity index (χ4n) is 4.78. The Morgan fingerprint density at radius 1 is 0.444 bits per heavy atom. The van der Waals surface area contributed by atoms with E-state index in [1.54, 1.807) is 28.4 Å². The Bertz CT molecular complexity index is 1420. The molecule has 0 amide bonds. The third-order valence-corrected chi connectivity index (χ3v) is 7.07. The van der Waals surface area contributed by atoms with Gasteiger partial charge in [-0.25, -0.2) is 0 Å². The Morgan fingerprint density at radius 3 is 0.972 bits per heavy atom. The molecule has 0 spiro atoms. The van der Waals surface area contributed by atoms with Crippen LogP contribution >= 0.6 is 23.2 Å². The molecule has 36 heavy (non-hydrogen) atoms. The second-order valence-electron chi connectivity index (χ2n) is 8.22. The first-order chi connectivity index (χ1) is 17.5. The first-order valence-corrected chi connectivity index (χ1v) is 12.0. The van der Waals surface area contributed by atoms with Gasteiger partial charge < -0.3 is 18.9 Å². The fourth-order valence-corrected chi connectivity index (χ4v) is 5.24. The molecule has 0 saturated carbocycles. The van der Waals surface area contributed by atoms with Crippen molar-refractivity contribution in [2.45, 2.75) is 0 Å². The van der Waals surface area contributed by atoms with Crippen LogP contribution in [0.5, 0.6) is 23.0 Å². The largest absolute Gasteiger partial charge is 0.493 e. The van der Waals surface area contributed by atoms with Crippen molar-refractivity contribution in [3.63, 3.8) is 0 Å². The van der Waals surface area contributed by atoms with Gasteiger partial charge in [0.2, 0.25) is 0 Å². The van der Waals surface area contributed by atoms with Crippen molar-refractivity contribution in [3.05, 3.63) is 82.8 Å². The highest BCUT2D eigenvalue weighted by molar-refractivity contribution is 6.37. The minimum Gasteiger partial charge on any atom is -0.493 e. The molecule has 0 radical (unpaired) electrons. The van der Waals surface area contributed by atoms with Crippen molar-refractivity contribution in [2.24, 2.45) is 0 Å². The Kier molecular flexibility index (Phi) is 6.57. The number of rotatable bonds is 6. The second kappa shape index (κ2) is 9.81. The van der Waals surface area contributed by atoms with Crippen LogP contribution in [0.4, 0.5) is 0 Å². The van der Waals surface area contributed by atoms with Crippen LogP contribution in [0, 0.1) is 0 Å². The molecule has 0 unspecified atom stereocenters. The summed E-state index contributed by atoms with van der Waals surface area (Å²) < 4.78 is 22.8. The number of benzene rings is 5. The quantitative estimate of drug-likeness (QED) is 0.210. The molecule has 0 bridgehead atoms. The van der Waals surface area contributed by atoms with Gasteiger partial charge in [0, 0.05) is 21.2 Å². The van der Waals surface area contributed by atoms with Gasteiger partial charge in [-0.05, 0) is 69.1 Å². The summed E-state index contributed by atoms with van der Waals surface area (Å²) in [5.74, 6) is 2.46. The highest BCUT2D eigenvalue weighted by Gasteiger charge is 2.23. The number of hydrogen-bond acceptors (Lipinski definition) is 4. The van der Waals surface area contributed by atoms with Gasteiger partial charge in [-0.15, -0.1) is 0 Å². The Morgan fingerprint density at radius 2 is 0.722 bits per heavy atom. The zero-order chi connectivity index (χ0) is 25.4. The van der Waals surface area contributed by atoms with Gasteiger partial charge in [0.1, 0.15) is 0 Å². The van der Waals surface area contributed by atoms with Crippen LogP contribution in [0.3, 0.4) is 0 Å². The summed E-state index contributed by atoms with van der Waals surface area (Å²) in [6.45, 7) is 0. The summed E-state index contributed by atoms with van der Waals surface area (Å²) in [7, 11) is 6.51. The molecule has 5 aromatic carbocycles.